The van der Waals surface area contributed by atoms with Crippen molar-refractivity contribution in [2.24, 2.45) is 0 Å². The zero-order chi connectivity index (χ0) is 20.8. The van der Waals surface area contributed by atoms with Gasteiger partial charge in [0.05, 0.1) is 5.69 Å². The second kappa shape index (κ2) is 8.98. The summed E-state index contributed by atoms with van der Waals surface area (Å²) in [4.78, 5) is 0. The Morgan fingerprint density at radius 2 is 1.83 bits per heavy atom. The van der Waals surface area contributed by atoms with Crippen LogP contribution in [0.4, 0.5) is 5.69 Å². The Morgan fingerprint density at radius 1 is 1.07 bits per heavy atom. The Labute approximate surface area is 171 Å². The van der Waals surface area contributed by atoms with Gasteiger partial charge in [-0.05, 0) is 49.8 Å². The molecule has 1 heterocycles. The summed E-state index contributed by atoms with van der Waals surface area (Å²) < 4.78 is 6.10. The first kappa shape index (κ1) is 20.0. The number of hydrogen-bond donors (Lipinski definition) is 2. The van der Waals surface area contributed by atoms with Gasteiger partial charge in [0, 0.05) is 22.0 Å². The molecule has 0 aliphatic carbocycles. The van der Waals surface area contributed by atoms with E-state index in [9.17, 15) is 5.11 Å². The number of allylic oxidation sites excluding steroid dienone is 8. The Hall–Kier alpha value is -3.72. The number of anilines is 1. The van der Waals surface area contributed by atoms with Crippen LogP contribution in [0.3, 0.4) is 0 Å². The third-order valence-corrected chi connectivity index (χ3v) is 4.58. The summed E-state index contributed by atoms with van der Waals surface area (Å²) in [5, 5.41) is 15.7. The molecule has 0 bridgehead atoms. The van der Waals surface area contributed by atoms with Gasteiger partial charge in [-0.25, -0.2) is 0 Å². The van der Waals surface area contributed by atoms with Crippen LogP contribution in [-0.2, 0) is 0 Å². The van der Waals surface area contributed by atoms with Crippen LogP contribution in [0.15, 0.2) is 119 Å². The first-order chi connectivity index (χ1) is 14.1. The molecule has 0 unspecified atom stereocenters. The lowest BCUT2D eigenvalue weighted by atomic mass is 10.0. The van der Waals surface area contributed by atoms with Crippen LogP contribution in [0.5, 0.6) is 0 Å². The van der Waals surface area contributed by atoms with E-state index < -0.39 is 0 Å². The van der Waals surface area contributed by atoms with Crippen LogP contribution >= 0.6 is 0 Å². The number of furan rings is 1. The molecule has 3 rings (SSSR count). The molecule has 0 aliphatic heterocycles. The molecule has 0 spiro atoms. The van der Waals surface area contributed by atoms with Crippen molar-refractivity contribution < 1.29 is 9.52 Å². The highest BCUT2D eigenvalue weighted by Gasteiger charge is 2.11. The Bertz CT molecular complexity index is 1190. The maximum absolute atomic E-state index is 10.2. The fourth-order valence-electron chi connectivity index (χ4n) is 3.26. The summed E-state index contributed by atoms with van der Waals surface area (Å²) in [7, 11) is 0. The maximum atomic E-state index is 10.2. The molecule has 0 saturated carbocycles. The highest BCUT2D eigenvalue weighted by atomic mass is 16.3. The van der Waals surface area contributed by atoms with Crippen LogP contribution in [-0.4, -0.2) is 5.11 Å². The van der Waals surface area contributed by atoms with Gasteiger partial charge in [0.15, 0.2) is 5.58 Å². The standard InChI is InChI=1S/C26H25NO2/c1-5-11-19(17-18(4)20(12-6-2)24(28)7-3)27-23-15-10-14-22-21-13-8-9-16-25(21)29-26(22)23/h5-17,27-28H,1,3H2,2,4H3/b12-6-,18-17+,19-11+,24-20-. The van der Waals surface area contributed by atoms with Crippen LogP contribution in [0.25, 0.3) is 21.9 Å². The van der Waals surface area contributed by atoms with Crippen molar-refractivity contribution in [1.82, 2.24) is 0 Å². The minimum atomic E-state index is 0.134. The van der Waals surface area contributed by atoms with Crippen LogP contribution in [0.1, 0.15) is 13.8 Å². The lowest BCUT2D eigenvalue weighted by Crippen LogP contribution is -1.99. The number of nitrogens with one attached hydrogen (secondary N) is 1. The third-order valence-electron chi connectivity index (χ3n) is 4.58. The summed E-state index contributed by atoms with van der Waals surface area (Å²) in [5.74, 6) is 0.134. The topological polar surface area (TPSA) is 45.4 Å². The number of para-hydroxylation sites is 2. The molecule has 29 heavy (non-hydrogen) atoms. The average Bonchev–Trinajstić information content (AvgIpc) is 3.11. The fraction of sp³-hybridized carbons (Fsp3) is 0.0769. The highest BCUT2D eigenvalue weighted by Crippen LogP contribution is 2.34. The molecular weight excluding hydrogens is 358 g/mol. The number of hydrogen-bond acceptors (Lipinski definition) is 3. The summed E-state index contributed by atoms with van der Waals surface area (Å²) >= 11 is 0. The SMILES string of the molecule is C=C\C=C(/C=C(C)/C(/C=C\C)=C(\O)C=C)Nc1cccc2c1oc1ccccc12. The van der Waals surface area contributed by atoms with E-state index in [1.807, 2.05) is 68.5 Å². The van der Waals surface area contributed by atoms with Gasteiger partial charge in [-0.1, -0.05) is 61.7 Å². The molecular formula is C26H25NO2. The largest absolute Gasteiger partial charge is 0.507 e. The summed E-state index contributed by atoms with van der Waals surface area (Å²) in [6.45, 7) is 11.3. The molecule has 3 nitrogen and oxygen atoms in total. The van der Waals surface area contributed by atoms with E-state index in [-0.39, 0.29) is 5.76 Å². The Balaban J connectivity index is 2.05. The fourth-order valence-corrected chi connectivity index (χ4v) is 3.26. The van der Waals surface area contributed by atoms with E-state index in [0.717, 1.165) is 38.9 Å². The van der Waals surface area contributed by atoms with Crippen molar-refractivity contribution in [1.29, 1.82) is 0 Å². The average molecular weight is 383 g/mol. The van der Waals surface area contributed by atoms with E-state index in [0.29, 0.717) is 5.57 Å². The van der Waals surface area contributed by atoms with Gasteiger partial charge in [0.25, 0.3) is 0 Å². The van der Waals surface area contributed by atoms with E-state index in [1.165, 1.54) is 6.08 Å². The number of aliphatic hydroxyl groups is 1. The number of benzene rings is 2. The predicted octanol–water partition coefficient (Wildman–Crippen LogP) is 7.59. The highest BCUT2D eigenvalue weighted by molar-refractivity contribution is 6.08. The van der Waals surface area contributed by atoms with E-state index >= 15 is 0 Å². The first-order valence-electron chi connectivity index (χ1n) is 9.46. The third kappa shape index (κ3) is 4.25. The summed E-state index contributed by atoms with van der Waals surface area (Å²) in [6, 6.07) is 14.0. The molecule has 0 radical (unpaired) electrons. The molecule has 0 fully saturated rings. The number of aliphatic hydroxyl groups excluding tert-OH is 1. The quantitative estimate of drug-likeness (QED) is 0.326. The van der Waals surface area contributed by atoms with Gasteiger partial charge in [0.2, 0.25) is 0 Å². The van der Waals surface area contributed by atoms with Crippen molar-refractivity contribution in [3.05, 3.63) is 115 Å². The zero-order valence-corrected chi connectivity index (χ0v) is 16.8. The normalized spacial score (nSPS) is 13.7. The van der Waals surface area contributed by atoms with Crippen molar-refractivity contribution in [2.75, 3.05) is 5.32 Å². The molecule has 2 N–H and O–H groups in total. The molecule has 1 aromatic heterocycles. The number of rotatable bonds is 7. The van der Waals surface area contributed by atoms with Crippen molar-refractivity contribution >= 4 is 27.6 Å². The lowest BCUT2D eigenvalue weighted by molar-refractivity contribution is 0.429. The molecule has 3 heteroatoms. The molecule has 0 saturated heterocycles. The Kier molecular flexibility index (Phi) is 6.20. The van der Waals surface area contributed by atoms with E-state index in [2.05, 4.69) is 30.6 Å². The maximum Gasteiger partial charge on any atom is 0.158 e. The summed E-state index contributed by atoms with van der Waals surface area (Å²) in [5.41, 5.74) is 4.93. The van der Waals surface area contributed by atoms with Gasteiger partial charge in [-0.3, -0.25) is 0 Å². The van der Waals surface area contributed by atoms with Gasteiger partial charge in [-0.15, -0.1) is 0 Å². The monoisotopic (exact) mass is 383 g/mol. The minimum absolute atomic E-state index is 0.134. The van der Waals surface area contributed by atoms with Crippen molar-refractivity contribution in [3.63, 3.8) is 0 Å². The first-order valence-corrected chi connectivity index (χ1v) is 9.46. The van der Waals surface area contributed by atoms with Gasteiger partial charge in [-0.2, -0.15) is 0 Å². The van der Waals surface area contributed by atoms with E-state index in [1.54, 1.807) is 6.08 Å². The van der Waals surface area contributed by atoms with Crippen LogP contribution in [0.2, 0.25) is 0 Å². The zero-order valence-electron chi connectivity index (χ0n) is 16.8. The van der Waals surface area contributed by atoms with Gasteiger partial charge in [0.1, 0.15) is 11.3 Å². The molecule has 0 atom stereocenters. The Morgan fingerprint density at radius 3 is 2.55 bits per heavy atom. The molecule has 0 amide bonds. The minimum Gasteiger partial charge on any atom is -0.507 e. The van der Waals surface area contributed by atoms with Crippen LogP contribution < -0.4 is 5.32 Å². The molecule has 146 valence electrons. The van der Waals surface area contributed by atoms with Crippen LogP contribution in [0, 0.1) is 0 Å². The lowest BCUT2D eigenvalue weighted by Gasteiger charge is -2.11. The molecule has 2 aromatic carbocycles. The van der Waals surface area contributed by atoms with Gasteiger partial charge < -0.3 is 14.8 Å². The van der Waals surface area contributed by atoms with Crippen molar-refractivity contribution in [3.8, 4) is 0 Å². The smallest absolute Gasteiger partial charge is 0.158 e. The second-order valence-corrected chi connectivity index (χ2v) is 6.59. The second-order valence-electron chi connectivity index (χ2n) is 6.59. The summed E-state index contributed by atoms with van der Waals surface area (Å²) in [6.07, 6.45) is 10.7. The number of fused-ring (bicyclic) bond motifs is 3. The molecule has 3 aromatic rings. The van der Waals surface area contributed by atoms with E-state index in [4.69, 9.17) is 4.42 Å². The van der Waals surface area contributed by atoms with Gasteiger partial charge >= 0.3 is 0 Å². The van der Waals surface area contributed by atoms with Crippen molar-refractivity contribution in [2.45, 2.75) is 13.8 Å². The molecule has 0 aliphatic rings. The predicted molar refractivity (Wildman–Crippen MR) is 124 cm³/mol.